The fourth-order valence-corrected chi connectivity index (χ4v) is 3.16. The molecule has 3 aromatic rings. The summed E-state index contributed by atoms with van der Waals surface area (Å²) in [5.41, 5.74) is 3.76. The van der Waals surface area contributed by atoms with Crippen molar-refractivity contribution in [3.63, 3.8) is 0 Å². The number of aryl methyl sites for hydroxylation is 2. The second-order valence-electron chi connectivity index (χ2n) is 6.64. The van der Waals surface area contributed by atoms with E-state index in [1.165, 1.54) is 17.7 Å². The lowest BCUT2D eigenvalue weighted by Gasteiger charge is -2.17. The quantitative estimate of drug-likeness (QED) is 0.715. The maximum Gasteiger partial charge on any atom is 0.232 e. The van der Waals surface area contributed by atoms with Crippen LogP contribution >= 0.6 is 0 Å². The highest BCUT2D eigenvalue weighted by Gasteiger charge is 2.35. The summed E-state index contributed by atoms with van der Waals surface area (Å²) in [7, 11) is 0. The van der Waals surface area contributed by atoms with E-state index in [-0.39, 0.29) is 17.6 Å². The van der Waals surface area contributed by atoms with E-state index in [9.17, 15) is 9.18 Å². The van der Waals surface area contributed by atoms with Crippen molar-refractivity contribution < 1.29 is 13.7 Å². The van der Waals surface area contributed by atoms with E-state index in [0.717, 1.165) is 11.3 Å². The SMILES string of the molecule is Cc1ccc(N2CC(c3nc(-c4cccc(F)c4)no3)CC2=O)cc1C. The van der Waals surface area contributed by atoms with E-state index in [1.807, 2.05) is 32.0 Å². The topological polar surface area (TPSA) is 59.2 Å². The molecule has 4 rings (SSSR count). The zero-order valence-corrected chi connectivity index (χ0v) is 14.6. The minimum absolute atomic E-state index is 0.0313. The molecule has 6 heteroatoms. The third-order valence-corrected chi connectivity index (χ3v) is 4.80. The number of benzene rings is 2. The van der Waals surface area contributed by atoms with Gasteiger partial charge in [-0.05, 0) is 49.2 Å². The van der Waals surface area contributed by atoms with Crippen LogP contribution in [0.1, 0.15) is 29.4 Å². The number of hydrogen-bond donors (Lipinski definition) is 0. The van der Waals surface area contributed by atoms with Crippen LogP contribution in [0.25, 0.3) is 11.4 Å². The van der Waals surface area contributed by atoms with Crippen molar-refractivity contribution in [2.45, 2.75) is 26.2 Å². The maximum atomic E-state index is 13.4. The Kier molecular flexibility index (Phi) is 4.03. The highest BCUT2D eigenvalue weighted by atomic mass is 19.1. The van der Waals surface area contributed by atoms with E-state index < -0.39 is 0 Å². The second kappa shape index (κ2) is 6.37. The average molecular weight is 351 g/mol. The molecule has 1 fully saturated rings. The second-order valence-corrected chi connectivity index (χ2v) is 6.64. The van der Waals surface area contributed by atoms with Gasteiger partial charge < -0.3 is 9.42 Å². The predicted octanol–water partition coefficient (Wildman–Crippen LogP) is 4.01. The third-order valence-electron chi connectivity index (χ3n) is 4.80. The lowest BCUT2D eigenvalue weighted by Crippen LogP contribution is -2.24. The van der Waals surface area contributed by atoms with Crippen molar-refractivity contribution >= 4 is 11.6 Å². The van der Waals surface area contributed by atoms with Gasteiger partial charge in [-0.3, -0.25) is 4.79 Å². The monoisotopic (exact) mass is 351 g/mol. The average Bonchev–Trinajstić information content (AvgIpc) is 3.24. The molecule has 0 saturated carbocycles. The van der Waals surface area contributed by atoms with E-state index in [4.69, 9.17) is 4.52 Å². The van der Waals surface area contributed by atoms with Gasteiger partial charge in [-0.25, -0.2) is 4.39 Å². The lowest BCUT2D eigenvalue weighted by molar-refractivity contribution is -0.117. The van der Waals surface area contributed by atoms with Crippen LogP contribution in [0.15, 0.2) is 47.0 Å². The first-order valence-electron chi connectivity index (χ1n) is 8.48. The normalized spacial score (nSPS) is 17.1. The Bertz CT molecular complexity index is 983. The molecule has 0 radical (unpaired) electrons. The first-order chi connectivity index (χ1) is 12.5. The summed E-state index contributed by atoms with van der Waals surface area (Å²) in [6, 6.07) is 12.0. The molecule has 5 nitrogen and oxygen atoms in total. The Morgan fingerprint density at radius 1 is 1.15 bits per heavy atom. The summed E-state index contributed by atoms with van der Waals surface area (Å²) >= 11 is 0. The van der Waals surface area contributed by atoms with Gasteiger partial charge in [0.25, 0.3) is 0 Å². The molecule has 1 aliphatic rings. The minimum atomic E-state index is -0.356. The van der Waals surface area contributed by atoms with Crippen molar-refractivity contribution in [2.24, 2.45) is 0 Å². The Balaban J connectivity index is 1.56. The van der Waals surface area contributed by atoms with Gasteiger partial charge >= 0.3 is 0 Å². The number of nitrogens with zero attached hydrogens (tertiary/aromatic N) is 3. The molecular weight excluding hydrogens is 333 g/mol. The van der Waals surface area contributed by atoms with Crippen LogP contribution in [0.2, 0.25) is 0 Å². The van der Waals surface area contributed by atoms with E-state index in [2.05, 4.69) is 10.1 Å². The van der Waals surface area contributed by atoms with E-state index in [1.54, 1.807) is 17.0 Å². The standard InChI is InChI=1S/C20H18FN3O2/c1-12-6-7-17(8-13(12)2)24-11-15(10-18(24)25)20-22-19(23-26-20)14-4-3-5-16(21)9-14/h3-9,15H,10-11H2,1-2H3. The number of amides is 1. The molecule has 0 bridgehead atoms. The Labute approximate surface area is 150 Å². The van der Waals surface area contributed by atoms with Gasteiger partial charge in [-0.15, -0.1) is 0 Å². The first kappa shape index (κ1) is 16.4. The largest absolute Gasteiger partial charge is 0.339 e. The van der Waals surface area contributed by atoms with Crippen LogP contribution in [0, 0.1) is 19.7 Å². The van der Waals surface area contributed by atoms with Crippen LogP contribution < -0.4 is 4.90 Å². The van der Waals surface area contributed by atoms with Gasteiger partial charge in [0.2, 0.25) is 17.6 Å². The van der Waals surface area contributed by atoms with E-state index >= 15 is 0 Å². The van der Waals surface area contributed by atoms with Crippen LogP contribution in [0.5, 0.6) is 0 Å². The summed E-state index contributed by atoms with van der Waals surface area (Å²) in [6.45, 7) is 4.56. The molecule has 26 heavy (non-hydrogen) atoms. The van der Waals surface area contributed by atoms with Crippen molar-refractivity contribution in [3.8, 4) is 11.4 Å². The number of aromatic nitrogens is 2. The smallest absolute Gasteiger partial charge is 0.232 e. The van der Waals surface area contributed by atoms with Gasteiger partial charge in [0.15, 0.2) is 0 Å². The molecule has 132 valence electrons. The highest BCUT2D eigenvalue weighted by Crippen LogP contribution is 2.32. The first-order valence-corrected chi connectivity index (χ1v) is 8.48. The molecule has 1 amide bonds. The van der Waals surface area contributed by atoms with Crippen LogP contribution in [-0.2, 0) is 4.79 Å². The molecular formula is C20H18FN3O2. The van der Waals surface area contributed by atoms with Crippen molar-refractivity contribution in [1.82, 2.24) is 10.1 Å². The number of anilines is 1. The van der Waals surface area contributed by atoms with Gasteiger partial charge in [0, 0.05) is 24.2 Å². The number of hydrogen-bond acceptors (Lipinski definition) is 4. The summed E-state index contributed by atoms with van der Waals surface area (Å²) in [5.74, 6) is 0.244. The number of rotatable bonds is 3. The molecule has 0 N–H and O–H groups in total. The number of halogens is 1. The fraction of sp³-hybridized carbons (Fsp3) is 0.250. The zero-order chi connectivity index (χ0) is 18.3. The number of carbonyl (C=O) groups is 1. The summed E-state index contributed by atoms with van der Waals surface area (Å²) in [6.07, 6.45) is 0.317. The summed E-state index contributed by atoms with van der Waals surface area (Å²) < 4.78 is 18.7. The minimum Gasteiger partial charge on any atom is -0.339 e. The Morgan fingerprint density at radius 3 is 2.77 bits per heavy atom. The summed E-state index contributed by atoms with van der Waals surface area (Å²) in [5, 5.41) is 3.94. The molecule has 1 aromatic heterocycles. The van der Waals surface area contributed by atoms with Crippen LogP contribution in [0.3, 0.4) is 0 Å². The molecule has 0 spiro atoms. The maximum absolute atomic E-state index is 13.4. The molecule has 2 heterocycles. The summed E-state index contributed by atoms with van der Waals surface area (Å²) in [4.78, 5) is 18.6. The van der Waals surface area contributed by atoms with Gasteiger partial charge in [-0.2, -0.15) is 4.98 Å². The fourth-order valence-electron chi connectivity index (χ4n) is 3.16. The van der Waals surface area contributed by atoms with Crippen molar-refractivity contribution in [2.75, 3.05) is 11.4 Å². The molecule has 1 unspecified atom stereocenters. The molecule has 1 saturated heterocycles. The zero-order valence-electron chi connectivity index (χ0n) is 14.6. The van der Waals surface area contributed by atoms with Gasteiger partial charge in [-0.1, -0.05) is 23.4 Å². The van der Waals surface area contributed by atoms with E-state index in [0.29, 0.717) is 30.2 Å². The Hall–Kier alpha value is -3.02. The lowest BCUT2D eigenvalue weighted by atomic mass is 10.1. The molecule has 0 aliphatic carbocycles. The highest BCUT2D eigenvalue weighted by molar-refractivity contribution is 5.96. The van der Waals surface area contributed by atoms with Gasteiger partial charge in [0.1, 0.15) is 5.82 Å². The van der Waals surface area contributed by atoms with Gasteiger partial charge in [0.05, 0.1) is 5.92 Å². The Morgan fingerprint density at radius 2 is 2.00 bits per heavy atom. The van der Waals surface area contributed by atoms with Crippen molar-refractivity contribution in [3.05, 3.63) is 65.3 Å². The molecule has 1 atom stereocenters. The molecule has 2 aromatic carbocycles. The third kappa shape index (κ3) is 2.98. The number of carbonyl (C=O) groups excluding carboxylic acids is 1. The predicted molar refractivity (Wildman–Crippen MR) is 95.3 cm³/mol. The van der Waals surface area contributed by atoms with Crippen LogP contribution in [-0.4, -0.2) is 22.6 Å². The molecule has 1 aliphatic heterocycles. The van der Waals surface area contributed by atoms with Crippen LogP contribution in [0.4, 0.5) is 10.1 Å². The van der Waals surface area contributed by atoms with Crippen molar-refractivity contribution in [1.29, 1.82) is 0 Å².